The molecule has 0 saturated carbocycles. The fourth-order valence-electron chi connectivity index (χ4n) is 4.35. The van der Waals surface area contributed by atoms with Gasteiger partial charge in [-0.2, -0.15) is 0 Å². The predicted octanol–water partition coefficient (Wildman–Crippen LogP) is 6.79. The summed E-state index contributed by atoms with van der Waals surface area (Å²) in [6.07, 6.45) is 0.288. The van der Waals surface area contributed by atoms with E-state index in [9.17, 15) is 18.0 Å². The van der Waals surface area contributed by atoms with Gasteiger partial charge in [0.05, 0.1) is 10.6 Å². The first-order valence-electron chi connectivity index (χ1n) is 13.1. The van der Waals surface area contributed by atoms with Crippen LogP contribution in [0, 0.1) is 13.8 Å². The molecule has 0 bridgehead atoms. The van der Waals surface area contributed by atoms with Crippen LogP contribution in [0.15, 0.2) is 65.6 Å². The van der Waals surface area contributed by atoms with Gasteiger partial charge in [-0.3, -0.25) is 13.9 Å². The number of sulfonamides is 1. The van der Waals surface area contributed by atoms with Gasteiger partial charge in [0.2, 0.25) is 11.8 Å². The van der Waals surface area contributed by atoms with E-state index in [0.717, 1.165) is 9.87 Å². The van der Waals surface area contributed by atoms with E-state index in [0.29, 0.717) is 26.2 Å². The quantitative estimate of drug-likeness (QED) is 0.251. The number of halogens is 3. The molecule has 0 aliphatic rings. The van der Waals surface area contributed by atoms with Crippen molar-refractivity contribution in [1.29, 1.82) is 0 Å². The number of aryl methyl sites for hydroxylation is 1. The molecule has 0 fully saturated rings. The fourth-order valence-corrected chi connectivity index (χ4v) is 6.46. The number of hydrogen-bond donors (Lipinski definition) is 1. The molecule has 1 atom stereocenters. The normalized spacial score (nSPS) is 12.2. The maximum atomic E-state index is 14.2. The van der Waals surface area contributed by atoms with Gasteiger partial charge in [-0.25, -0.2) is 8.42 Å². The molecule has 3 aromatic carbocycles. The third kappa shape index (κ3) is 7.95. The summed E-state index contributed by atoms with van der Waals surface area (Å²) in [6.45, 7) is 8.37. The van der Waals surface area contributed by atoms with Crippen LogP contribution in [0.2, 0.25) is 15.1 Å². The molecule has 2 amide bonds. The Balaban J connectivity index is 2.13. The van der Waals surface area contributed by atoms with E-state index in [-0.39, 0.29) is 35.5 Å². The Morgan fingerprint density at radius 1 is 0.927 bits per heavy atom. The Labute approximate surface area is 257 Å². The first-order valence-corrected chi connectivity index (χ1v) is 15.7. The van der Waals surface area contributed by atoms with Crippen LogP contribution in [-0.4, -0.2) is 43.8 Å². The largest absolute Gasteiger partial charge is 0.352 e. The second-order valence-corrected chi connectivity index (χ2v) is 13.2. The number of rotatable bonds is 11. The molecule has 3 rings (SSSR count). The number of nitrogens with one attached hydrogen (secondary N) is 1. The summed E-state index contributed by atoms with van der Waals surface area (Å²) in [5.41, 5.74) is 2.20. The van der Waals surface area contributed by atoms with E-state index < -0.39 is 28.5 Å². The van der Waals surface area contributed by atoms with Gasteiger partial charge in [-0.1, -0.05) is 71.6 Å². The number of amides is 2. The molecule has 3 aromatic rings. The monoisotopic (exact) mass is 637 g/mol. The van der Waals surface area contributed by atoms with Gasteiger partial charge in [0.1, 0.15) is 12.6 Å². The molecule has 0 heterocycles. The fraction of sp³-hybridized carbons (Fsp3) is 0.333. The minimum atomic E-state index is -4.21. The lowest BCUT2D eigenvalue weighted by Gasteiger charge is -2.34. The lowest BCUT2D eigenvalue weighted by molar-refractivity contribution is -0.140. The van der Waals surface area contributed by atoms with Crippen LogP contribution in [0.25, 0.3) is 0 Å². The zero-order chi connectivity index (χ0) is 30.5. The molecule has 11 heteroatoms. The smallest absolute Gasteiger partial charge is 0.264 e. The summed E-state index contributed by atoms with van der Waals surface area (Å²) >= 11 is 18.9. The van der Waals surface area contributed by atoms with Crippen LogP contribution >= 0.6 is 34.8 Å². The van der Waals surface area contributed by atoms with E-state index in [4.69, 9.17) is 34.8 Å². The average Bonchev–Trinajstić information content (AvgIpc) is 2.90. The van der Waals surface area contributed by atoms with Gasteiger partial charge >= 0.3 is 0 Å². The van der Waals surface area contributed by atoms with Crippen LogP contribution in [0.5, 0.6) is 0 Å². The first-order chi connectivity index (χ1) is 19.3. The molecule has 220 valence electrons. The molecule has 1 N–H and O–H groups in total. The van der Waals surface area contributed by atoms with Crippen LogP contribution in [0.4, 0.5) is 5.69 Å². The van der Waals surface area contributed by atoms with Crippen LogP contribution in [-0.2, 0) is 26.2 Å². The standard InChI is InChI=1S/C30H34Cl3N3O4S/c1-6-27(30(38)34-19(2)3)35(17-22-12-13-23(31)16-26(22)33)29(37)18-36(28-9-7-8-25(32)21(28)5)41(39,40)24-14-10-20(4)11-15-24/h7-16,19,27H,6,17-18H2,1-5H3,(H,34,38)/t27-/m1/s1. The lowest BCUT2D eigenvalue weighted by Crippen LogP contribution is -2.53. The zero-order valence-electron chi connectivity index (χ0n) is 23.6. The van der Waals surface area contributed by atoms with Gasteiger partial charge in [0, 0.05) is 27.7 Å². The molecule has 7 nitrogen and oxygen atoms in total. The van der Waals surface area contributed by atoms with Gasteiger partial charge in [-0.05, 0) is 81.6 Å². The third-order valence-corrected chi connectivity index (χ3v) is 9.34. The Morgan fingerprint density at radius 2 is 1.59 bits per heavy atom. The van der Waals surface area contributed by atoms with Crippen molar-refractivity contribution in [2.45, 2.75) is 64.6 Å². The van der Waals surface area contributed by atoms with Crippen molar-refractivity contribution in [3.8, 4) is 0 Å². The molecule has 0 aliphatic carbocycles. The van der Waals surface area contributed by atoms with Crippen molar-refractivity contribution in [2.24, 2.45) is 0 Å². The highest BCUT2D eigenvalue weighted by Gasteiger charge is 2.34. The van der Waals surface area contributed by atoms with E-state index in [1.54, 1.807) is 62.4 Å². The van der Waals surface area contributed by atoms with E-state index >= 15 is 0 Å². The highest BCUT2D eigenvalue weighted by Crippen LogP contribution is 2.32. The molecule has 0 aliphatic heterocycles. The summed E-state index contributed by atoms with van der Waals surface area (Å²) in [6, 6.07) is 15.1. The maximum Gasteiger partial charge on any atom is 0.264 e. The Bertz CT molecular complexity index is 1510. The number of hydrogen-bond acceptors (Lipinski definition) is 4. The Hall–Kier alpha value is -2.78. The van der Waals surface area contributed by atoms with Crippen molar-refractivity contribution in [3.05, 3.63) is 92.4 Å². The molecular formula is C30H34Cl3N3O4S. The summed E-state index contributed by atoms with van der Waals surface area (Å²) in [5.74, 6) is -0.940. The number of carbonyl (C=O) groups excluding carboxylic acids is 2. The summed E-state index contributed by atoms with van der Waals surface area (Å²) in [4.78, 5) is 28.8. The van der Waals surface area contributed by atoms with Gasteiger partial charge in [-0.15, -0.1) is 0 Å². The number of benzene rings is 3. The topological polar surface area (TPSA) is 86.8 Å². The highest BCUT2D eigenvalue weighted by molar-refractivity contribution is 7.92. The first kappa shape index (κ1) is 32.7. The van der Waals surface area contributed by atoms with Gasteiger partial charge in [0.15, 0.2) is 0 Å². The molecule has 0 unspecified atom stereocenters. The van der Waals surface area contributed by atoms with Crippen molar-refractivity contribution < 1.29 is 18.0 Å². The van der Waals surface area contributed by atoms with Crippen molar-refractivity contribution >= 4 is 62.3 Å². The molecule has 0 saturated heterocycles. The summed E-state index contributed by atoms with van der Waals surface area (Å²) in [5, 5.41) is 3.97. The third-order valence-electron chi connectivity index (χ3n) is 6.57. The van der Waals surface area contributed by atoms with E-state index in [2.05, 4.69) is 5.32 Å². The Kier molecular flexibility index (Phi) is 11.1. The van der Waals surface area contributed by atoms with E-state index in [1.807, 2.05) is 20.8 Å². The second-order valence-electron chi connectivity index (χ2n) is 10.1. The molecular weight excluding hydrogens is 605 g/mol. The van der Waals surface area contributed by atoms with Crippen LogP contribution < -0.4 is 9.62 Å². The van der Waals surface area contributed by atoms with Crippen LogP contribution in [0.1, 0.15) is 43.9 Å². The van der Waals surface area contributed by atoms with Crippen molar-refractivity contribution in [2.75, 3.05) is 10.8 Å². The maximum absolute atomic E-state index is 14.2. The summed E-state index contributed by atoms with van der Waals surface area (Å²) < 4.78 is 29.1. The molecule has 0 aromatic heterocycles. The minimum Gasteiger partial charge on any atom is -0.352 e. The molecule has 0 spiro atoms. The summed E-state index contributed by atoms with van der Waals surface area (Å²) in [7, 11) is -4.21. The van der Waals surface area contributed by atoms with Crippen LogP contribution in [0.3, 0.4) is 0 Å². The van der Waals surface area contributed by atoms with Gasteiger partial charge in [0.25, 0.3) is 10.0 Å². The second kappa shape index (κ2) is 13.9. The van der Waals surface area contributed by atoms with E-state index in [1.165, 1.54) is 17.0 Å². The van der Waals surface area contributed by atoms with Crippen molar-refractivity contribution in [1.82, 2.24) is 10.2 Å². The Morgan fingerprint density at radius 3 is 2.17 bits per heavy atom. The molecule has 0 radical (unpaired) electrons. The zero-order valence-corrected chi connectivity index (χ0v) is 26.7. The minimum absolute atomic E-state index is 0.0205. The highest BCUT2D eigenvalue weighted by atomic mass is 35.5. The number of nitrogens with zero attached hydrogens (tertiary/aromatic N) is 2. The SMILES string of the molecule is CC[C@H](C(=O)NC(C)C)N(Cc1ccc(Cl)cc1Cl)C(=O)CN(c1cccc(Cl)c1C)S(=O)(=O)c1ccc(C)cc1. The van der Waals surface area contributed by atoms with Gasteiger partial charge < -0.3 is 10.2 Å². The molecule has 41 heavy (non-hydrogen) atoms. The average molecular weight is 639 g/mol. The lowest BCUT2D eigenvalue weighted by atomic mass is 10.1. The number of carbonyl (C=O) groups is 2. The predicted molar refractivity (Wildman–Crippen MR) is 166 cm³/mol. The van der Waals surface area contributed by atoms with Crippen molar-refractivity contribution in [3.63, 3.8) is 0 Å². The number of anilines is 1.